The van der Waals surface area contributed by atoms with Crippen molar-refractivity contribution in [1.82, 2.24) is 0 Å². The van der Waals surface area contributed by atoms with Crippen LogP contribution in [0.2, 0.25) is 0 Å². The average molecular weight is 486 g/mol. The Morgan fingerprint density at radius 3 is 2.33 bits per heavy atom. The van der Waals surface area contributed by atoms with Gasteiger partial charge in [-0.05, 0) is 52.3 Å². The number of nitrogens with one attached hydrogen (secondary N) is 1. The third kappa shape index (κ3) is 4.93. The molecule has 0 aliphatic rings. The molecule has 0 saturated heterocycles. The first-order valence-electron chi connectivity index (χ1n) is 5.88. The zero-order valence-corrected chi connectivity index (χ0v) is 15.3. The van der Waals surface area contributed by atoms with E-state index in [-0.39, 0.29) is 5.75 Å². The largest absolute Gasteiger partial charge is 0.434 e. The molecule has 0 atom stereocenters. The SMILES string of the molecule is FC(F)Oc1ccc(Br)cc1CNc1ccc(Br)cc1Br. The molecule has 0 saturated carbocycles. The molecule has 0 aliphatic carbocycles. The van der Waals surface area contributed by atoms with E-state index < -0.39 is 6.61 Å². The minimum atomic E-state index is -2.84. The Morgan fingerprint density at radius 2 is 1.67 bits per heavy atom. The molecule has 1 N–H and O–H groups in total. The normalized spacial score (nSPS) is 10.8. The van der Waals surface area contributed by atoms with Crippen LogP contribution in [-0.4, -0.2) is 6.61 Å². The van der Waals surface area contributed by atoms with E-state index in [9.17, 15) is 8.78 Å². The highest BCUT2D eigenvalue weighted by Gasteiger charge is 2.10. The highest BCUT2D eigenvalue weighted by atomic mass is 79.9. The number of hydrogen-bond acceptors (Lipinski definition) is 2. The van der Waals surface area contributed by atoms with Crippen LogP contribution in [0.4, 0.5) is 14.5 Å². The van der Waals surface area contributed by atoms with Crippen LogP contribution < -0.4 is 10.1 Å². The number of benzene rings is 2. The standard InChI is InChI=1S/C14H10Br3F2NO/c15-9-2-4-13(21-14(18)19)8(5-9)7-20-12-3-1-10(16)6-11(12)17/h1-6,14,20H,7H2. The second-order valence-electron chi connectivity index (χ2n) is 4.11. The van der Waals surface area contributed by atoms with Crippen molar-refractivity contribution in [3.8, 4) is 5.75 Å². The van der Waals surface area contributed by atoms with E-state index >= 15 is 0 Å². The highest BCUT2D eigenvalue weighted by molar-refractivity contribution is 9.11. The van der Waals surface area contributed by atoms with Gasteiger partial charge in [-0.3, -0.25) is 0 Å². The summed E-state index contributed by atoms with van der Waals surface area (Å²) in [5.41, 5.74) is 1.50. The summed E-state index contributed by atoms with van der Waals surface area (Å²) < 4.78 is 32.0. The molecule has 2 rings (SSSR count). The highest BCUT2D eigenvalue weighted by Crippen LogP contribution is 2.29. The van der Waals surface area contributed by atoms with Gasteiger partial charge >= 0.3 is 6.61 Å². The first kappa shape index (κ1) is 16.7. The van der Waals surface area contributed by atoms with E-state index in [1.165, 1.54) is 6.07 Å². The van der Waals surface area contributed by atoms with Crippen molar-refractivity contribution in [1.29, 1.82) is 0 Å². The molecule has 0 amide bonds. The lowest BCUT2D eigenvalue weighted by molar-refractivity contribution is -0.0504. The molecule has 21 heavy (non-hydrogen) atoms. The molecule has 7 heteroatoms. The van der Waals surface area contributed by atoms with Gasteiger partial charge in [0.2, 0.25) is 0 Å². The summed E-state index contributed by atoms with van der Waals surface area (Å²) in [7, 11) is 0. The molecule has 2 aromatic rings. The summed E-state index contributed by atoms with van der Waals surface area (Å²) >= 11 is 10.1. The Kier molecular flexibility index (Phi) is 6.01. The van der Waals surface area contributed by atoms with E-state index in [1.54, 1.807) is 12.1 Å². The second kappa shape index (κ2) is 7.56. The smallest absolute Gasteiger partial charge is 0.387 e. The molecule has 2 nitrogen and oxygen atoms in total. The lowest BCUT2D eigenvalue weighted by Gasteiger charge is -2.13. The van der Waals surface area contributed by atoms with Crippen LogP contribution in [0.1, 0.15) is 5.56 Å². The molecule has 0 aromatic heterocycles. The number of anilines is 1. The molecular formula is C14H10Br3F2NO. The van der Waals surface area contributed by atoms with Gasteiger partial charge in [0.25, 0.3) is 0 Å². The maximum absolute atomic E-state index is 12.4. The predicted octanol–water partition coefficient (Wildman–Crippen LogP) is 6.19. The van der Waals surface area contributed by atoms with Crippen LogP contribution in [0.3, 0.4) is 0 Å². The van der Waals surface area contributed by atoms with Gasteiger partial charge in [-0.2, -0.15) is 8.78 Å². The first-order valence-corrected chi connectivity index (χ1v) is 8.26. The molecular weight excluding hydrogens is 476 g/mol. The Balaban J connectivity index is 2.16. The molecule has 112 valence electrons. The lowest BCUT2D eigenvalue weighted by Crippen LogP contribution is -2.07. The quantitative estimate of drug-likeness (QED) is 0.545. The zero-order chi connectivity index (χ0) is 15.4. The maximum atomic E-state index is 12.4. The Morgan fingerprint density at radius 1 is 1.00 bits per heavy atom. The first-order chi connectivity index (χ1) is 9.95. The number of halogens is 5. The Labute approximate surface area is 146 Å². The van der Waals surface area contributed by atoms with Gasteiger partial charge in [0.1, 0.15) is 5.75 Å². The Hall–Kier alpha value is -0.660. The second-order valence-corrected chi connectivity index (χ2v) is 6.79. The third-order valence-corrected chi connectivity index (χ3v) is 4.28. The maximum Gasteiger partial charge on any atom is 0.387 e. The lowest BCUT2D eigenvalue weighted by atomic mass is 10.2. The molecule has 0 fully saturated rings. The van der Waals surface area contributed by atoms with Crippen molar-refractivity contribution in [3.63, 3.8) is 0 Å². The van der Waals surface area contributed by atoms with Crippen LogP contribution in [0.5, 0.6) is 5.75 Å². The van der Waals surface area contributed by atoms with Crippen molar-refractivity contribution in [3.05, 3.63) is 55.4 Å². The van der Waals surface area contributed by atoms with Gasteiger partial charge in [-0.15, -0.1) is 0 Å². The predicted molar refractivity (Wildman–Crippen MR) is 89.9 cm³/mol. The number of hydrogen-bond donors (Lipinski definition) is 1. The van der Waals surface area contributed by atoms with Gasteiger partial charge in [-0.25, -0.2) is 0 Å². The van der Waals surface area contributed by atoms with Crippen molar-refractivity contribution in [2.24, 2.45) is 0 Å². The van der Waals surface area contributed by atoms with E-state index in [0.717, 1.165) is 19.1 Å². The third-order valence-electron chi connectivity index (χ3n) is 2.64. The minimum absolute atomic E-state index is 0.161. The topological polar surface area (TPSA) is 21.3 Å². The molecule has 0 spiro atoms. The zero-order valence-electron chi connectivity index (χ0n) is 10.5. The molecule has 0 heterocycles. The van der Waals surface area contributed by atoms with Crippen molar-refractivity contribution in [2.45, 2.75) is 13.2 Å². The molecule has 0 unspecified atom stereocenters. The van der Waals surface area contributed by atoms with Crippen molar-refractivity contribution < 1.29 is 13.5 Å². The van der Waals surface area contributed by atoms with Crippen molar-refractivity contribution in [2.75, 3.05) is 5.32 Å². The summed E-state index contributed by atoms with van der Waals surface area (Å²) in [6, 6.07) is 10.6. The fourth-order valence-electron chi connectivity index (χ4n) is 1.72. The summed E-state index contributed by atoms with van der Waals surface area (Å²) in [6.07, 6.45) is 0. The van der Waals surface area contributed by atoms with Gasteiger partial charge in [-0.1, -0.05) is 31.9 Å². The van der Waals surface area contributed by atoms with Crippen LogP contribution in [-0.2, 0) is 6.54 Å². The van der Waals surface area contributed by atoms with E-state index in [1.807, 2.05) is 18.2 Å². The number of ether oxygens (including phenoxy) is 1. The van der Waals surface area contributed by atoms with Crippen molar-refractivity contribution >= 4 is 53.5 Å². The molecule has 0 bridgehead atoms. The summed E-state index contributed by atoms with van der Waals surface area (Å²) in [6.45, 7) is -2.48. The summed E-state index contributed by atoms with van der Waals surface area (Å²) in [5.74, 6) is 0.161. The molecule has 0 aliphatic heterocycles. The number of rotatable bonds is 5. The summed E-state index contributed by atoms with van der Waals surface area (Å²) in [4.78, 5) is 0. The summed E-state index contributed by atoms with van der Waals surface area (Å²) in [5, 5.41) is 3.18. The fourth-order valence-corrected chi connectivity index (χ4v) is 3.32. The molecule has 0 radical (unpaired) electrons. The van der Waals surface area contributed by atoms with Crippen LogP contribution in [0, 0.1) is 0 Å². The van der Waals surface area contributed by atoms with E-state index in [2.05, 4.69) is 57.8 Å². The van der Waals surface area contributed by atoms with E-state index in [4.69, 9.17) is 0 Å². The Bertz CT molecular complexity index is 638. The minimum Gasteiger partial charge on any atom is -0.434 e. The van der Waals surface area contributed by atoms with Gasteiger partial charge in [0.15, 0.2) is 0 Å². The number of alkyl halides is 2. The monoisotopic (exact) mass is 483 g/mol. The van der Waals surface area contributed by atoms with Gasteiger partial charge < -0.3 is 10.1 Å². The average Bonchev–Trinajstić information content (AvgIpc) is 2.40. The van der Waals surface area contributed by atoms with Crippen LogP contribution >= 0.6 is 47.8 Å². The van der Waals surface area contributed by atoms with Crippen LogP contribution in [0.15, 0.2) is 49.8 Å². The van der Waals surface area contributed by atoms with Crippen LogP contribution in [0.25, 0.3) is 0 Å². The van der Waals surface area contributed by atoms with Gasteiger partial charge in [0, 0.05) is 31.2 Å². The molecule has 2 aromatic carbocycles. The van der Waals surface area contributed by atoms with E-state index in [0.29, 0.717) is 12.1 Å². The van der Waals surface area contributed by atoms with Gasteiger partial charge in [0.05, 0.1) is 0 Å². The fraction of sp³-hybridized carbons (Fsp3) is 0.143.